The van der Waals surface area contributed by atoms with Crippen LogP contribution in [0.3, 0.4) is 0 Å². The van der Waals surface area contributed by atoms with Crippen LogP contribution in [0.2, 0.25) is 0 Å². The summed E-state index contributed by atoms with van der Waals surface area (Å²) in [4.78, 5) is 25.4. The van der Waals surface area contributed by atoms with E-state index in [4.69, 9.17) is 0 Å². The first kappa shape index (κ1) is 16.0. The van der Waals surface area contributed by atoms with Crippen molar-refractivity contribution in [1.82, 2.24) is 9.97 Å². The van der Waals surface area contributed by atoms with Crippen molar-refractivity contribution in [2.24, 2.45) is 0 Å². The van der Waals surface area contributed by atoms with Crippen molar-refractivity contribution >= 4 is 40.8 Å². The van der Waals surface area contributed by atoms with Gasteiger partial charge in [0.2, 0.25) is 11.9 Å². The second-order valence-corrected chi connectivity index (χ2v) is 6.01. The summed E-state index contributed by atoms with van der Waals surface area (Å²) in [6.45, 7) is 0. The molecule has 2 rings (SSSR count). The number of carbonyl (C=O) groups is 1. The first-order valence-corrected chi connectivity index (χ1v) is 7.59. The highest BCUT2D eigenvalue weighted by Gasteiger charge is 2.12. The smallest absolute Gasteiger partial charge is 0.248 e. The molecule has 0 fully saturated rings. The molecule has 0 spiro atoms. The number of anilines is 3. The van der Waals surface area contributed by atoms with Gasteiger partial charge in [0.1, 0.15) is 5.69 Å². The molecule has 0 aliphatic carbocycles. The average Bonchev–Trinajstić information content (AvgIpc) is 2.98. The van der Waals surface area contributed by atoms with Gasteiger partial charge >= 0.3 is 0 Å². The van der Waals surface area contributed by atoms with Gasteiger partial charge in [0.05, 0.1) is 6.20 Å². The number of rotatable bonds is 5. The van der Waals surface area contributed by atoms with Gasteiger partial charge in [0.25, 0.3) is 0 Å². The molecule has 2 heterocycles. The molecule has 7 heteroatoms. The Kier molecular flexibility index (Phi) is 5.11. The predicted octanol–water partition coefficient (Wildman–Crippen LogP) is 2.32. The fourth-order valence-electron chi connectivity index (χ4n) is 1.73. The molecule has 0 aliphatic heterocycles. The molecule has 2 aromatic rings. The maximum Gasteiger partial charge on any atom is 0.248 e. The molecule has 0 bridgehead atoms. The van der Waals surface area contributed by atoms with Gasteiger partial charge in [-0.3, -0.25) is 4.79 Å². The summed E-state index contributed by atoms with van der Waals surface area (Å²) in [7, 11) is 7.49. The Morgan fingerprint density at radius 2 is 2.05 bits per heavy atom. The lowest BCUT2D eigenvalue weighted by Crippen LogP contribution is -2.20. The van der Waals surface area contributed by atoms with Crippen molar-refractivity contribution in [2.45, 2.75) is 0 Å². The van der Waals surface area contributed by atoms with Crippen molar-refractivity contribution in [3.63, 3.8) is 0 Å². The Bertz CT molecular complexity index is 665. The lowest BCUT2D eigenvalue weighted by atomic mass is 10.3. The molecule has 116 valence electrons. The minimum atomic E-state index is -0.210. The molecule has 1 N–H and O–H groups in total. The molecule has 6 nitrogen and oxygen atoms in total. The van der Waals surface area contributed by atoms with Crippen molar-refractivity contribution in [1.29, 1.82) is 0 Å². The van der Waals surface area contributed by atoms with E-state index in [1.807, 2.05) is 55.5 Å². The Labute approximate surface area is 134 Å². The Morgan fingerprint density at radius 3 is 2.64 bits per heavy atom. The van der Waals surface area contributed by atoms with Crippen LogP contribution in [0.25, 0.3) is 6.08 Å². The largest absolute Gasteiger partial charge is 0.361 e. The van der Waals surface area contributed by atoms with E-state index in [0.717, 1.165) is 4.88 Å². The summed E-state index contributed by atoms with van der Waals surface area (Å²) in [5.41, 5.74) is 0.580. The number of hydrogen-bond donors (Lipinski definition) is 1. The normalized spacial score (nSPS) is 10.7. The summed E-state index contributed by atoms with van der Waals surface area (Å²) in [5.74, 6) is 1.05. The van der Waals surface area contributed by atoms with E-state index in [9.17, 15) is 4.79 Å². The molecule has 0 aromatic carbocycles. The topological polar surface area (TPSA) is 61.4 Å². The van der Waals surface area contributed by atoms with Gasteiger partial charge in [-0.15, -0.1) is 11.3 Å². The first-order chi connectivity index (χ1) is 10.5. The summed E-state index contributed by atoms with van der Waals surface area (Å²) >= 11 is 1.58. The number of amides is 1. The van der Waals surface area contributed by atoms with Crippen LogP contribution in [0.1, 0.15) is 4.88 Å². The van der Waals surface area contributed by atoms with Crippen LogP contribution >= 0.6 is 11.3 Å². The van der Waals surface area contributed by atoms with E-state index in [1.165, 1.54) is 6.08 Å². The molecule has 0 radical (unpaired) electrons. The van der Waals surface area contributed by atoms with Crippen LogP contribution in [0.5, 0.6) is 0 Å². The number of carbonyl (C=O) groups excluding carboxylic acids is 1. The van der Waals surface area contributed by atoms with E-state index in [0.29, 0.717) is 17.5 Å². The van der Waals surface area contributed by atoms with Crippen LogP contribution in [-0.2, 0) is 4.79 Å². The lowest BCUT2D eigenvalue weighted by molar-refractivity contribution is -0.111. The Morgan fingerprint density at radius 1 is 1.27 bits per heavy atom. The number of aromatic nitrogens is 2. The van der Waals surface area contributed by atoms with Crippen LogP contribution in [0, 0.1) is 0 Å². The number of thiophene rings is 1. The zero-order valence-corrected chi connectivity index (χ0v) is 13.9. The molecule has 0 saturated heterocycles. The van der Waals surface area contributed by atoms with Crippen molar-refractivity contribution in [3.8, 4) is 0 Å². The minimum absolute atomic E-state index is 0.210. The first-order valence-electron chi connectivity index (χ1n) is 6.71. The Hall–Kier alpha value is -2.41. The Balaban J connectivity index is 2.16. The van der Waals surface area contributed by atoms with E-state index < -0.39 is 0 Å². The third-order valence-electron chi connectivity index (χ3n) is 2.78. The third-order valence-corrected chi connectivity index (χ3v) is 3.62. The average molecular weight is 317 g/mol. The van der Waals surface area contributed by atoms with Gasteiger partial charge < -0.3 is 15.1 Å². The highest BCUT2D eigenvalue weighted by Crippen LogP contribution is 2.23. The second-order valence-electron chi connectivity index (χ2n) is 5.03. The van der Waals surface area contributed by atoms with Gasteiger partial charge in [-0.1, -0.05) is 6.07 Å². The molecular formula is C15H19N5OS. The zero-order chi connectivity index (χ0) is 16.1. The van der Waals surface area contributed by atoms with Crippen LogP contribution in [-0.4, -0.2) is 44.1 Å². The third kappa shape index (κ3) is 4.05. The van der Waals surface area contributed by atoms with Gasteiger partial charge in [-0.25, -0.2) is 4.98 Å². The van der Waals surface area contributed by atoms with Crippen LogP contribution in [0.15, 0.2) is 29.8 Å². The van der Waals surface area contributed by atoms with Gasteiger partial charge in [-0.2, -0.15) is 4.98 Å². The monoisotopic (exact) mass is 317 g/mol. The van der Waals surface area contributed by atoms with E-state index >= 15 is 0 Å². The van der Waals surface area contributed by atoms with Crippen LogP contribution < -0.4 is 15.1 Å². The highest BCUT2D eigenvalue weighted by atomic mass is 32.1. The number of nitrogens with zero attached hydrogens (tertiary/aromatic N) is 4. The van der Waals surface area contributed by atoms with Crippen molar-refractivity contribution in [3.05, 3.63) is 34.7 Å². The molecule has 0 saturated carbocycles. The molecule has 0 aliphatic rings. The zero-order valence-electron chi connectivity index (χ0n) is 13.1. The van der Waals surface area contributed by atoms with Crippen molar-refractivity contribution < 1.29 is 4.79 Å². The van der Waals surface area contributed by atoms with Crippen LogP contribution in [0.4, 0.5) is 17.5 Å². The van der Waals surface area contributed by atoms with Crippen molar-refractivity contribution in [2.75, 3.05) is 43.3 Å². The maximum atomic E-state index is 12.0. The molecular weight excluding hydrogens is 298 g/mol. The summed E-state index contributed by atoms with van der Waals surface area (Å²) in [6.07, 6.45) is 4.91. The quantitative estimate of drug-likeness (QED) is 0.858. The maximum absolute atomic E-state index is 12.0. The van der Waals surface area contributed by atoms with E-state index in [-0.39, 0.29) is 5.91 Å². The SMILES string of the molecule is CN(C)c1ncc(NC(=O)/C=C/c2cccs2)c(N(C)C)n1. The lowest BCUT2D eigenvalue weighted by Gasteiger charge is -2.18. The minimum Gasteiger partial charge on any atom is -0.361 e. The molecule has 0 unspecified atom stereocenters. The fourth-order valence-corrected chi connectivity index (χ4v) is 2.34. The molecule has 0 atom stereocenters. The standard InChI is InChI=1S/C15H19N5OS/c1-19(2)14-12(10-16-15(18-14)20(3)4)17-13(21)8-7-11-6-5-9-22-11/h5-10H,1-4H3,(H,17,21)/b8-7+. The van der Waals surface area contributed by atoms with E-state index in [2.05, 4.69) is 15.3 Å². The number of nitrogens with one attached hydrogen (secondary N) is 1. The van der Waals surface area contributed by atoms with E-state index in [1.54, 1.807) is 23.6 Å². The summed E-state index contributed by atoms with van der Waals surface area (Å²) in [5, 5.41) is 4.78. The highest BCUT2D eigenvalue weighted by molar-refractivity contribution is 7.10. The second kappa shape index (κ2) is 7.04. The van der Waals surface area contributed by atoms with Gasteiger partial charge in [-0.05, 0) is 17.5 Å². The predicted molar refractivity (Wildman–Crippen MR) is 92.7 cm³/mol. The molecule has 22 heavy (non-hydrogen) atoms. The fraction of sp³-hybridized carbons (Fsp3) is 0.267. The summed E-state index contributed by atoms with van der Waals surface area (Å²) in [6, 6.07) is 3.90. The molecule has 1 amide bonds. The molecule has 2 aromatic heterocycles. The van der Waals surface area contributed by atoms with Gasteiger partial charge in [0.15, 0.2) is 5.82 Å². The van der Waals surface area contributed by atoms with Gasteiger partial charge in [0, 0.05) is 39.1 Å². The number of hydrogen-bond acceptors (Lipinski definition) is 6. The summed E-state index contributed by atoms with van der Waals surface area (Å²) < 4.78 is 0.